The number of hydrogen-bond donors (Lipinski definition) is 13. The minimum Gasteiger partial charge on any atom is -0.508 e. The zero-order valence-electron chi connectivity index (χ0n) is 38.6. The zero-order chi connectivity index (χ0) is 49.4. The van der Waals surface area contributed by atoms with Crippen molar-refractivity contribution >= 4 is 65.1 Å². The Morgan fingerprint density at radius 1 is 0.735 bits per heavy atom. The van der Waals surface area contributed by atoms with Crippen LogP contribution < -0.4 is 59.5 Å². The molecule has 2 saturated heterocycles. The summed E-state index contributed by atoms with van der Waals surface area (Å²) >= 11 is 1.83. The van der Waals surface area contributed by atoms with Crippen LogP contribution in [0, 0.1) is 11.8 Å². The van der Waals surface area contributed by atoms with Gasteiger partial charge in [0, 0.05) is 42.7 Å². The first kappa shape index (κ1) is 54.9. The number of hydrogen-bond acceptors (Lipinski definition) is 13. The van der Waals surface area contributed by atoms with Gasteiger partial charge in [-0.25, -0.2) is 10.3 Å². The molecule has 15 N–H and O–H groups in total. The summed E-state index contributed by atoms with van der Waals surface area (Å²) in [6.45, 7) is -0.428. The van der Waals surface area contributed by atoms with Gasteiger partial charge in [-0.15, -0.1) is 0 Å². The van der Waals surface area contributed by atoms with Crippen molar-refractivity contribution in [2.45, 2.75) is 145 Å². The molecular weight excluding hydrogens is 903 g/mol. The number of urea groups is 1. The SMILES string of the molecule is NCCCC[C@H](NC(=O)C(CC(=O)NO)CC1CCCC1)C(=O)N[C@@H](Cc1ccc(O)cc1)C(=O)NCC(=O)NCC(=O)N[C@@H](CCCCNC(=O)CCCC[C@@H]1SC[C@@H]2NC(=O)N[C@@H]21)C(N)=O. The highest BCUT2D eigenvalue weighted by Crippen LogP contribution is 2.33. The molecule has 0 aromatic heterocycles. The minimum absolute atomic E-state index is 0.0248. The highest BCUT2D eigenvalue weighted by atomic mass is 32.2. The zero-order valence-corrected chi connectivity index (χ0v) is 39.4. The lowest BCUT2D eigenvalue weighted by molar-refractivity contribution is -0.137. The Hall–Kier alpha value is -5.68. The van der Waals surface area contributed by atoms with E-state index < -0.39 is 78.5 Å². The molecule has 3 fully saturated rings. The maximum absolute atomic E-state index is 13.9. The predicted octanol–water partition coefficient (Wildman–Crippen LogP) is -0.660. The molecule has 2 heterocycles. The smallest absolute Gasteiger partial charge is 0.315 e. The second-order valence-electron chi connectivity index (χ2n) is 17.8. The fourth-order valence-corrected chi connectivity index (χ4v) is 10.3. The summed E-state index contributed by atoms with van der Waals surface area (Å²) in [5.74, 6) is -4.83. The summed E-state index contributed by atoms with van der Waals surface area (Å²) < 4.78 is 0. The number of nitrogens with two attached hydrogens (primary N) is 2. The third-order valence-electron chi connectivity index (χ3n) is 12.5. The lowest BCUT2D eigenvalue weighted by Crippen LogP contribution is -2.56. The molecule has 10 amide bonds. The molecule has 378 valence electrons. The van der Waals surface area contributed by atoms with E-state index in [2.05, 4.69) is 42.5 Å². The first-order valence-electron chi connectivity index (χ1n) is 23.8. The summed E-state index contributed by atoms with van der Waals surface area (Å²) in [6.07, 6.45) is 9.05. The van der Waals surface area contributed by atoms with Crippen LogP contribution in [0.25, 0.3) is 0 Å². The van der Waals surface area contributed by atoms with Gasteiger partial charge < -0.3 is 59.1 Å². The normalized spacial score (nSPS) is 19.2. The van der Waals surface area contributed by atoms with Crippen molar-refractivity contribution in [1.82, 2.24) is 48.0 Å². The van der Waals surface area contributed by atoms with Crippen LogP contribution in [0.5, 0.6) is 5.75 Å². The molecule has 7 atom stereocenters. The minimum atomic E-state index is -1.27. The summed E-state index contributed by atoms with van der Waals surface area (Å²) in [5, 5.41) is 40.9. The number of aromatic hydroxyl groups is 1. The Morgan fingerprint density at radius 2 is 1.43 bits per heavy atom. The van der Waals surface area contributed by atoms with E-state index >= 15 is 0 Å². The molecule has 1 aromatic rings. The molecule has 1 aromatic carbocycles. The lowest BCUT2D eigenvalue weighted by Gasteiger charge is -2.26. The van der Waals surface area contributed by atoms with E-state index in [1.807, 2.05) is 11.8 Å². The Labute approximate surface area is 400 Å². The summed E-state index contributed by atoms with van der Waals surface area (Å²) in [4.78, 5) is 115. The Morgan fingerprint density at radius 3 is 2.13 bits per heavy atom. The summed E-state index contributed by atoms with van der Waals surface area (Å²) in [7, 11) is 0. The van der Waals surface area contributed by atoms with Gasteiger partial charge in [-0.2, -0.15) is 11.8 Å². The Kier molecular flexibility index (Phi) is 23.6. The number of thioether (sulfide) groups is 1. The van der Waals surface area contributed by atoms with Crippen molar-refractivity contribution in [2.24, 2.45) is 23.3 Å². The van der Waals surface area contributed by atoms with Gasteiger partial charge >= 0.3 is 6.03 Å². The first-order chi connectivity index (χ1) is 32.6. The van der Waals surface area contributed by atoms with Gasteiger partial charge in [-0.3, -0.25) is 43.6 Å². The largest absolute Gasteiger partial charge is 0.508 e. The van der Waals surface area contributed by atoms with Crippen molar-refractivity contribution in [3.8, 4) is 5.75 Å². The third-order valence-corrected chi connectivity index (χ3v) is 14.0. The molecule has 0 bridgehead atoms. The van der Waals surface area contributed by atoms with Crippen molar-refractivity contribution in [1.29, 1.82) is 0 Å². The molecule has 0 radical (unpaired) electrons. The van der Waals surface area contributed by atoms with Crippen molar-refractivity contribution in [3.05, 3.63) is 29.8 Å². The standard InChI is InChI=1S/C45H71N11O11S/c46-19-7-5-12-32(52-42(63)29(23-37(59)56-67)21-27-9-1-2-10-27)44(65)53-33(22-28-15-17-30(57)18-16-28)43(64)50-24-38(60)49-25-39(61)51-31(41(47)62)11-6-8-20-48-36(58)14-4-3-13-35-40-34(26-68-35)54-45(66)55-40/h15-18,27,29,31-35,40,57,67H,1-14,19-26,46H2,(H2,47,62)(H,48,58)(H,49,60)(H,50,64)(H,51,61)(H,52,63)(H,53,65)(H,56,59)(H2,54,55,66)/t29?,31-,32-,33-,34-,35-,40-/m0/s1. The lowest BCUT2D eigenvalue weighted by atomic mass is 9.89. The quantitative estimate of drug-likeness (QED) is 0.0191. The first-order valence-corrected chi connectivity index (χ1v) is 24.8. The van der Waals surface area contributed by atoms with Crippen LogP contribution in [0.4, 0.5) is 4.79 Å². The second-order valence-corrected chi connectivity index (χ2v) is 19.1. The molecule has 4 rings (SSSR count). The number of unbranched alkanes of at least 4 members (excludes halogenated alkanes) is 3. The summed E-state index contributed by atoms with van der Waals surface area (Å²) in [5.41, 5.74) is 13.3. The number of hydroxylamine groups is 1. The number of carbonyl (C=O) groups is 9. The number of fused-ring (bicyclic) bond motifs is 1. The molecule has 2 aliphatic heterocycles. The van der Waals surface area contributed by atoms with Gasteiger partial charge in [-0.1, -0.05) is 44.2 Å². The molecule has 1 unspecified atom stereocenters. The van der Waals surface area contributed by atoms with E-state index in [0.717, 1.165) is 50.7 Å². The van der Waals surface area contributed by atoms with E-state index in [9.17, 15) is 53.5 Å². The Bertz CT molecular complexity index is 1870. The van der Waals surface area contributed by atoms with E-state index in [1.165, 1.54) is 12.1 Å². The molecule has 1 aliphatic carbocycles. The number of rotatable bonds is 31. The van der Waals surface area contributed by atoms with Gasteiger partial charge in [0.2, 0.25) is 47.3 Å². The van der Waals surface area contributed by atoms with Crippen LogP contribution in [-0.4, -0.2) is 131 Å². The topological polar surface area (TPSA) is 354 Å². The Balaban J connectivity index is 1.21. The molecule has 22 nitrogen and oxygen atoms in total. The molecule has 1 saturated carbocycles. The highest BCUT2D eigenvalue weighted by molar-refractivity contribution is 8.00. The van der Waals surface area contributed by atoms with E-state index in [-0.39, 0.29) is 61.4 Å². The fraction of sp³-hybridized carbons (Fsp3) is 0.667. The molecule has 68 heavy (non-hydrogen) atoms. The third kappa shape index (κ3) is 19.5. The van der Waals surface area contributed by atoms with Gasteiger partial charge in [-0.05, 0) is 87.9 Å². The monoisotopic (exact) mass is 974 g/mol. The van der Waals surface area contributed by atoms with Gasteiger partial charge in [0.15, 0.2) is 0 Å². The summed E-state index contributed by atoms with van der Waals surface area (Å²) in [6, 6.07) is 2.66. The van der Waals surface area contributed by atoms with E-state index in [1.54, 1.807) is 17.6 Å². The number of amides is 10. The predicted molar refractivity (Wildman–Crippen MR) is 251 cm³/mol. The average Bonchev–Trinajstić information content (AvgIpc) is 4.06. The fourth-order valence-electron chi connectivity index (χ4n) is 8.73. The van der Waals surface area contributed by atoms with Crippen molar-refractivity contribution < 1.29 is 53.5 Å². The second kappa shape index (κ2) is 29.3. The maximum Gasteiger partial charge on any atom is 0.315 e. The van der Waals surface area contributed by atoms with Crippen LogP contribution in [0.3, 0.4) is 0 Å². The number of primary amides is 1. The average molecular weight is 974 g/mol. The highest BCUT2D eigenvalue weighted by Gasteiger charge is 2.42. The number of phenols is 1. The maximum atomic E-state index is 13.9. The van der Waals surface area contributed by atoms with E-state index in [4.69, 9.17) is 11.5 Å². The van der Waals surface area contributed by atoms with Crippen LogP contribution >= 0.6 is 11.8 Å². The van der Waals surface area contributed by atoms with Gasteiger partial charge in [0.05, 0.1) is 25.2 Å². The van der Waals surface area contributed by atoms with Crippen molar-refractivity contribution in [2.75, 3.05) is 31.9 Å². The van der Waals surface area contributed by atoms with Gasteiger partial charge in [0.25, 0.3) is 0 Å². The van der Waals surface area contributed by atoms with E-state index in [0.29, 0.717) is 62.4 Å². The van der Waals surface area contributed by atoms with Gasteiger partial charge in [0.1, 0.15) is 23.9 Å². The van der Waals surface area contributed by atoms with Crippen LogP contribution in [0.1, 0.15) is 108 Å². The van der Waals surface area contributed by atoms with Crippen LogP contribution in [-0.2, 0) is 44.8 Å². The number of phenolic OH excluding ortho intramolecular Hbond substituents is 1. The van der Waals surface area contributed by atoms with Crippen molar-refractivity contribution in [3.63, 3.8) is 0 Å². The number of carbonyl (C=O) groups excluding carboxylic acids is 9. The van der Waals surface area contributed by atoms with Crippen LogP contribution in [0.15, 0.2) is 24.3 Å². The molecule has 3 aliphatic rings. The molecule has 23 heteroatoms. The number of benzene rings is 1. The molecule has 0 spiro atoms. The molecular formula is C45H71N11O11S. The van der Waals surface area contributed by atoms with Crippen LogP contribution in [0.2, 0.25) is 0 Å². The number of nitrogens with one attached hydrogen (secondary N) is 9.